The standard InChI is InChI=1S/C8H14F2O/c1-5(2)6-3-8(11,4-6)7(9)10/h5-7,11H,3-4H2,1-2H3. The van der Waals surface area contributed by atoms with Crippen molar-refractivity contribution >= 4 is 0 Å². The molecule has 1 nitrogen and oxygen atoms in total. The second-order valence-electron chi connectivity index (χ2n) is 3.82. The van der Waals surface area contributed by atoms with Gasteiger partial charge in [-0.05, 0) is 24.7 Å². The SMILES string of the molecule is CC(C)C1CC(O)(C(F)F)C1. The molecule has 0 aromatic carbocycles. The Labute approximate surface area is 65.4 Å². The molecular formula is C8H14F2O. The van der Waals surface area contributed by atoms with Crippen molar-refractivity contribution < 1.29 is 13.9 Å². The first kappa shape index (κ1) is 8.91. The van der Waals surface area contributed by atoms with Gasteiger partial charge in [0.05, 0.1) is 0 Å². The third kappa shape index (κ3) is 1.53. The number of halogens is 2. The Kier molecular flexibility index (Phi) is 2.19. The zero-order valence-electron chi connectivity index (χ0n) is 6.85. The van der Waals surface area contributed by atoms with Crippen LogP contribution in [-0.2, 0) is 0 Å². The first-order valence-electron chi connectivity index (χ1n) is 3.96. The molecule has 0 heterocycles. The molecule has 0 unspecified atom stereocenters. The fraction of sp³-hybridized carbons (Fsp3) is 1.00. The number of hydrogen-bond acceptors (Lipinski definition) is 1. The van der Waals surface area contributed by atoms with Gasteiger partial charge in [0.1, 0.15) is 5.60 Å². The summed E-state index contributed by atoms with van der Waals surface area (Å²) in [6, 6.07) is 0. The Balaban J connectivity index is 2.38. The second-order valence-corrected chi connectivity index (χ2v) is 3.82. The molecule has 0 atom stereocenters. The lowest BCUT2D eigenvalue weighted by Crippen LogP contribution is -2.51. The minimum Gasteiger partial charge on any atom is -0.384 e. The maximum Gasteiger partial charge on any atom is 0.266 e. The van der Waals surface area contributed by atoms with E-state index >= 15 is 0 Å². The first-order chi connectivity index (χ1) is 4.96. The third-order valence-corrected chi connectivity index (χ3v) is 2.58. The maximum absolute atomic E-state index is 12.1. The molecule has 0 aliphatic heterocycles. The summed E-state index contributed by atoms with van der Waals surface area (Å²) >= 11 is 0. The van der Waals surface area contributed by atoms with Gasteiger partial charge in [-0.3, -0.25) is 0 Å². The molecule has 0 amide bonds. The van der Waals surface area contributed by atoms with E-state index in [0.29, 0.717) is 5.92 Å². The lowest BCUT2D eigenvalue weighted by molar-refractivity contribution is -0.175. The molecule has 0 aromatic heterocycles. The lowest BCUT2D eigenvalue weighted by atomic mass is 9.66. The Morgan fingerprint density at radius 2 is 1.82 bits per heavy atom. The van der Waals surface area contributed by atoms with Crippen molar-refractivity contribution in [1.82, 2.24) is 0 Å². The van der Waals surface area contributed by atoms with Crippen molar-refractivity contribution in [2.45, 2.75) is 38.7 Å². The Morgan fingerprint density at radius 3 is 2.09 bits per heavy atom. The summed E-state index contributed by atoms with van der Waals surface area (Å²) in [6.07, 6.45) is -2.04. The smallest absolute Gasteiger partial charge is 0.266 e. The van der Waals surface area contributed by atoms with Crippen molar-refractivity contribution in [2.75, 3.05) is 0 Å². The van der Waals surface area contributed by atoms with Crippen molar-refractivity contribution in [3.05, 3.63) is 0 Å². The van der Waals surface area contributed by atoms with Crippen LogP contribution in [0.4, 0.5) is 8.78 Å². The summed E-state index contributed by atoms with van der Waals surface area (Å²) in [5.41, 5.74) is -1.66. The zero-order valence-corrected chi connectivity index (χ0v) is 6.85. The van der Waals surface area contributed by atoms with Gasteiger partial charge in [-0.25, -0.2) is 8.78 Å². The summed E-state index contributed by atoms with van der Waals surface area (Å²) in [4.78, 5) is 0. The van der Waals surface area contributed by atoms with Gasteiger partial charge in [0.2, 0.25) is 0 Å². The van der Waals surface area contributed by atoms with E-state index in [1.54, 1.807) is 0 Å². The largest absolute Gasteiger partial charge is 0.384 e. The Bertz CT molecular complexity index is 139. The highest BCUT2D eigenvalue weighted by molar-refractivity contribution is 4.96. The summed E-state index contributed by atoms with van der Waals surface area (Å²) in [5, 5.41) is 9.16. The average molecular weight is 164 g/mol. The van der Waals surface area contributed by atoms with Crippen molar-refractivity contribution in [3.63, 3.8) is 0 Å². The summed E-state index contributed by atoms with van der Waals surface area (Å²) in [5.74, 6) is 0.697. The van der Waals surface area contributed by atoms with Crippen LogP contribution in [0.1, 0.15) is 26.7 Å². The second kappa shape index (κ2) is 2.70. The van der Waals surface area contributed by atoms with Crippen molar-refractivity contribution in [3.8, 4) is 0 Å². The minimum absolute atomic E-state index is 0.266. The molecule has 1 fully saturated rings. The van der Waals surface area contributed by atoms with Gasteiger partial charge in [0.25, 0.3) is 6.43 Å². The molecule has 0 saturated heterocycles. The number of hydrogen-bond donors (Lipinski definition) is 1. The Hall–Kier alpha value is -0.180. The monoisotopic (exact) mass is 164 g/mol. The number of rotatable bonds is 2. The average Bonchev–Trinajstić information content (AvgIpc) is 1.79. The summed E-state index contributed by atoms with van der Waals surface area (Å²) in [7, 11) is 0. The topological polar surface area (TPSA) is 20.2 Å². The molecule has 0 aromatic rings. The van der Waals surface area contributed by atoms with Crippen LogP contribution in [-0.4, -0.2) is 17.1 Å². The van der Waals surface area contributed by atoms with Gasteiger partial charge in [-0.2, -0.15) is 0 Å². The maximum atomic E-state index is 12.1. The van der Waals surface area contributed by atoms with Crippen LogP contribution in [0.15, 0.2) is 0 Å². The highest BCUT2D eigenvalue weighted by Crippen LogP contribution is 2.45. The summed E-state index contributed by atoms with van der Waals surface area (Å²) in [6.45, 7) is 3.99. The van der Waals surface area contributed by atoms with Gasteiger partial charge in [-0.1, -0.05) is 13.8 Å². The Morgan fingerprint density at radius 1 is 1.36 bits per heavy atom. The van der Waals surface area contributed by atoms with Gasteiger partial charge in [-0.15, -0.1) is 0 Å². The van der Waals surface area contributed by atoms with Gasteiger partial charge < -0.3 is 5.11 Å². The van der Waals surface area contributed by atoms with Crippen LogP contribution in [0.25, 0.3) is 0 Å². The normalized spacial score (nSPS) is 37.9. The van der Waals surface area contributed by atoms with Crippen molar-refractivity contribution in [2.24, 2.45) is 11.8 Å². The zero-order chi connectivity index (χ0) is 8.65. The van der Waals surface area contributed by atoms with Crippen LogP contribution in [0, 0.1) is 11.8 Å². The highest BCUT2D eigenvalue weighted by atomic mass is 19.3. The predicted molar refractivity (Wildman–Crippen MR) is 38.5 cm³/mol. The van der Waals surface area contributed by atoms with Gasteiger partial charge >= 0.3 is 0 Å². The molecule has 1 saturated carbocycles. The van der Waals surface area contributed by atoms with E-state index < -0.39 is 12.0 Å². The minimum atomic E-state index is -2.57. The quantitative estimate of drug-likeness (QED) is 0.662. The number of alkyl halides is 2. The van der Waals surface area contributed by atoms with E-state index in [-0.39, 0.29) is 18.8 Å². The van der Waals surface area contributed by atoms with E-state index in [1.165, 1.54) is 0 Å². The van der Waals surface area contributed by atoms with E-state index in [2.05, 4.69) is 0 Å². The summed E-state index contributed by atoms with van der Waals surface area (Å²) < 4.78 is 24.1. The van der Waals surface area contributed by atoms with Crippen LogP contribution < -0.4 is 0 Å². The highest BCUT2D eigenvalue weighted by Gasteiger charge is 2.50. The van der Waals surface area contributed by atoms with E-state index in [4.69, 9.17) is 5.11 Å². The third-order valence-electron chi connectivity index (χ3n) is 2.58. The number of aliphatic hydroxyl groups is 1. The predicted octanol–water partition coefficient (Wildman–Crippen LogP) is 2.05. The van der Waals surface area contributed by atoms with E-state index in [0.717, 1.165) is 0 Å². The molecular weight excluding hydrogens is 150 g/mol. The van der Waals surface area contributed by atoms with Crippen LogP contribution in [0.2, 0.25) is 0 Å². The molecule has 1 N–H and O–H groups in total. The lowest BCUT2D eigenvalue weighted by Gasteiger charge is -2.44. The van der Waals surface area contributed by atoms with E-state index in [9.17, 15) is 8.78 Å². The molecule has 0 spiro atoms. The van der Waals surface area contributed by atoms with Crippen LogP contribution in [0.5, 0.6) is 0 Å². The molecule has 1 aliphatic carbocycles. The molecule has 11 heavy (non-hydrogen) atoms. The van der Waals surface area contributed by atoms with Gasteiger partial charge in [0.15, 0.2) is 0 Å². The fourth-order valence-electron chi connectivity index (χ4n) is 1.50. The van der Waals surface area contributed by atoms with Gasteiger partial charge in [0, 0.05) is 0 Å². The molecule has 66 valence electrons. The molecule has 1 rings (SSSR count). The molecule has 0 radical (unpaired) electrons. The molecule has 3 heteroatoms. The fourth-order valence-corrected chi connectivity index (χ4v) is 1.50. The van der Waals surface area contributed by atoms with Crippen molar-refractivity contribution in [1.29, 1.82) is 0 Å². The van der Waals surface area contributed by atoms with Crippen LogP contribution >= 0.6 is 0 Å². The first-order valence-corrected chi connectivity index (χ1v) is 3.96. The van der Waals surface area contributed by atoms with Crippen LogP contribution in [0.3, 0.4) is 0 Å². The van der Waals surface area contributed by atoms with E-state index in [1.807, 2.05) is 13.8 Å². The molecule has 0 bridgehead atoms. The molecule has 1 aliphatic rings.